The lowest BCUT2D eigenvalue weighted by Gasteiger charge is -2.20. The molecule has 3 rings (SSSR count). The van der Waals surface area contributed by atoms with Gasteiger partial charge in [-0.25, -0.2) is 9.97 Å². The van der Waals surface area contributed by atoms with Crippen LogP contribution in [0.3, 0.4) is 0 Å². The van der Waals surface area contributed by atoms with Gasteiger partial charge in [0.2, 0.25) is 5.95 Å². The van der Waals surface area contributed by atoms with E-state index >= 15 is 0 Å². The van der Waals surface area contributed by atoms with Crippen molar-refractivity contribution in [2.75, 3.05) is 5.32 Å². The number of fused-ring (bicyclic) bond motifs is 1. The monoisotopic (exact) mass is 239 g/mol. The molecule has 1 aliphatic rings. The van der Waals surface area contributed by atoms with Gasteiger partial charge in [-0.05, 0) is 42.9 Å². The molecule has 0 aliphatic heterocycles. The molecule has 18 heavy (non-hydrogen) atoms. The first-order chi connectivity index (χ1) is 8.81. The molecule has 0 fully saturated rings. The summed E-state index contributed by atoms with van der Waals surface area (Å²) in [4.78, 5) is 9.02. The SMILES string of the molecule is C[C@@H]1CCc2nc(Nc3ccccc3)ncc2C1. The summed E-state index contributed by atoms with van der Waals surface area (Å²) < 4.78 is 0. The molecule has 1 aromatic carbocycles. The minimum atomic E-state index is 0.703. The quantitative estimate of drug-likeness (QED) is 0.873. The molecule has 2 aromatic rings. The molecule has 0 saturated heterocycles. The van der Waals surface area contributed by atoms with Crippen LogP contribution in [-0.4, -0.2) is 9.97 Å². The molecule has 0 spiro atoms. The number of rotatable bonds is 2. The van der Waals surface area contributed by atoms with Gasteiger partial charge in [-0.15, -0.1) is 0 Å². The second-order valence-corrected chi connectivity index (χ2v) is 5.00. The molecule has 1 N–H and O–H groups in total. The van der Waals surface area contributed by atoms with Crippen LogP contribution in [0, 0.1) is 5.92 Å². The number of benzene rings is 1. The number of hydrogen-bond acceptors (Lipinski definition) is 3. The molecule has 1 heterocycles. The Bertz CT molecular complexity index is 537. The first kappa shape index (κ1) is 11.2. The Hall–Kier alpha value is -1.90. The fourth-order valence-corrected chi connectivity index (χ4v) is 2.40. The maximum Gasteiger partial charge on any atom is 0.227 e. The Balaban J connectivity index is 1.82. The third-order valence-corrected chi connectivity index (χ3v) is 3.43. The number of anilines is 2. The number of nitrogens with zero attached hydrogens (tertiary/aromatic N) is 2. The fraction of sp³-hybridized carbons (Fsp3) is 0.333. The lowest BCUT2D eigenvalue weighted by molar-refractivity contribution is 0.492. The highest BCUT2D eigenvalue weighted by Gasteiger charge is 2.17. The van der Waals surface area contributed by atoms with E-state index in [4.69, 9.17) is 0 Å². The number of aromatic nitrogens is 2. The van der Waals surface area contributed by atoms with Gasteiger partial charge in [0.05, 0.1) is 0 Å². The van der Waals surface area contributed by atoms with E-state index in [1.165, 1.54) is 17.7 Å². The molecule has 3 heteroatoms. The van der Waals surface area contributed by atoms with Gasteiger partial charge in [-0.3, -0.25) is 0 Å². The highest BCUT2D eigenvalue weighted by molar-refractivity contribution is 5.52. The molecule has 3 nitrogen and oxygen atoms in total. The lowest BCUT2D eigenvalue weighted by atomic mass is 9.89. The van der Waals surface area contributed by atoms with E-state index in [-0.39, 0.29) is 0 Å². The molecule has 1 aliphatic carbocycles. The van der Waals surface area contributed by atoms with E-state index in [1.54, 1.807) is 0 Å². The van der Waals surface area contributed by atoms with Crippen molar-refractivity contribution in [3.63, 3.8) is 0 Å². The summed E-state index contributed by atoms with van der Waals surface area (Å²) in [5.41, 5.74) is 3.55. The van der Waals surface area contributed by atoms with Gasteiger partial charge in [-0.1, -0.05) is 25.1 Å². The van der Waals surface area contributed by atoms with Crippen molar-refractivity contribution in [2.45, 2.75) is 26.2 Å². The van der Waals surface area contributed by atoms with Gasteiger partial charge in [0, 0.05) is 17.6 Å². The third-order valence-electron chi connectivity index (χ3n) is 3.43. The van der Waals surface area contributed by atoms with Crippen molar-refractivity contribution in [2.24, 2.45) is 5.92 Å². The molecular formula is C15H17N3. The summed E-state index contributed by atoms with van der Waals surface area (Å²) in [6.45, 7) is 2.29. The number of para-hydroxylation sites is 1. The van der Waals surface area contributed by atoms with Crippen molar-refractivity contribution < 1.29 is 0 Å². The first-order valence-electron chi connectivity index (χ1n) is 6.48. The Morgan fingerprint density at radius 3 is 2.89 bits per heavy atom. The van der Waals surface area contributed by atoms with Crippen LogP contribution in [0.2, 0.25) is 0 Å². The van der Waals surface area contributed by atoms with Crippen molar-refractivity contribution in [1.82, 2.24) is 9.97 Å². The van der Waals surface area contributed by atoms with Gasteiger partial charge >= 0.3 is 0 Å². The number of hydrogen-bond donors (Lipinski definition) is 1. The fourth-order valence-electron chi connectivity index (χ4n) is 2.40. The third kappa shape index (κ3) is 2.35. The summed E-state index contributed by atoms with van der Waals surface area (Å²) in [7, 11) is 0. The van der Waals surface area contributed by atoms with Crippen LogP contribution < -0.4 is 5.32 Å². The van der Waals surface area contributed by atoms with Crippen molar-refractivity contribution in [3.8, 4) is 0 Å². The topological polar surface area (TPSA) is 37.8 Å². The predicted octanol–water partition coefficient (Wildman–Crippen LogP) is 3.35. The van der Waals surface area contributed by atoms with E-state index in [9.17, 15) is 0 Å². The van der Waals surface area contributed by atoms with Crippen LogP contribution in [-0.2, 0) is 12.8 Å². The maximum atomic E-state index is 4.62. The van der Waals surface area contributed by atoms with Crippen LogP contribution in [0.4, 0.5) is 11.6 Å². The van der Waals surface area contributed by atoms with E-state index in [0.717, 1.165) is 24.4 Å². The van der Waals surface area contributed by atoms with Crippen molar-refractivity contribution in [1.29, 1.82) is 0 Å². The summed E-state index contributed by atoms with van der Waals surface area (Å²) in [6.07, 6.45) is 5.39. The smallest absolute Gasteiger partial charge is 0.227 e. The Labute approximate surface area is 107 Å². The summed E-state index contributed by atoms with van der Waals surface area (Å²) in [5.74, 6) is 1.46. The van der Waals surface area contributed by atoms with Crippen LogP contribution in [0.25, 0.3) is 0 Å². The van der Waals surface area contributed by atoms with Gasteiger partial charge in [0.15, 0.2) is 0 Å². The molecule has 0 bridgehead atoms. The number of nitrogens with one attached hydrogen (secondary N) is 1. The van der Waals surface area contributed by atoms with E-state index < -0.39 is 0 Å². The molecule has 0 saturated carbocycles. The standard InChI is InChI=1S/C15H17N3/c1-11-7-8-14-12(9-11)10-16-15(18-14)17-13-5-3-2-4-6-13/h2-6,10-11H,7-9H2,1H3,(H,16,17,18)/t11-/m1/s1. The maximum absolute atomic E-state index is 4.62. The van der Waals surface area contributed by atoms with Gasteiger partial charge in [0.25, 0.3) is 0 Å². The predicted molar refractivity (Wildman–Crippen MR) is 72.9 cm³/mol. The molecule has 1 aromatic heterocycles. The molecular weight excluding hydrogens is 222 g/mol. The second kappa shape index (κ2) is 4.77. The van der Waals surface area contributed by atoms with Gasteiger partial charge in [-0.2, -0.15) is 0 Å². The molecule has 0 radical (unpaired) electrons. The van der Waals surface area contributed by atoms with Crippen LogP contribution >= 0.6 is 0 Å². The first-order valence-corrected chi connectivity index (χ1v) is 6.48. The van der Waals surface area contributed by atoms with Crippen LogP contribution in [0.1, 0.15) is 24.6 Å². The Morgan fingerprint density at radius 1 is 1.22 bits per heavy atom. The average Bonchev–Trinajstić information content (AvgIpc) is 2.40. The highest BCUT2D eigenvalue weighted by atomic mass is 15.1. The zero-order valence-electron chi connectivity index (χ0n) is 10.6. The Kier molecular flexibility index (Phi) is 2.97. The second-order valence-electron chi connectivity index (χ2n) is 5.00. The van der Waals surface area contributed by atoms with Gasteiger partial charge in [0.1, 0.15) is 0 Å². The zero-order valence-corrected chi connectivity index (χ0v) is 10.6. The van der Waals surface area contributed by atoms with Crippen LogP contribution in [0.15, 0.2) is 36.5 Å². The van der Waals surface area contributed by atoms with Gasteiger partial charge < -0.3 is 5.32 Å². The minimum Gasteiger partial charge on any atom is -0.324 e. The number of aryl methyl sites for hydroxylation is 1. The summed E-state index contributed by atoms with van der Waals surface area (Å²) >= 11 is 0. The van der Waals surface area contributed by atoms with Crippen molar-refractivity contribution in [3.05, 3.63) is 47.8 Å². The zero-order chi connectivity index (χ0) is 12.4. The highest BCUT2D eigenvalue weighted by Crippen LogP contribution is 2.24. The van der Waals surface area contributed by atoms with Crippen molar-refractivity contribution >= 4 is 11.6 Å². The largest absolute Gasteiger partial charge is 0.324 e. The Morgan fingerprint density at radius 2 is 2.06 bits per heavy atom. The molecule has 0 unspecified atom stereocenters. The van der Waals surface area contributed by atoms with E-state index in [2.05, 4.69) is 22.2 Å². The lowest BCUT2D eigenvalue weighted by Crippen LogP contribution is -2.14. The molecule has 92 valence electrons. The summed E-state index contributed by atoms with van der Waals surface area (Å²) in [6, 6.07) is 10.0. The average molecular weight is 239 g/mol. The molecule has 1 atom stereocenters. The minimum absolute atomic E-state index is 0.703. The normalized spacial score (nSPS) is 18.2. The van der Waals surface area contributed by atoms with E-state index in [0.29, 0.717) is 5.95 Å². The summed E-state index contributed by atoms with van der Waals surface area (Å²) in [5, 5.41) is 3.24. The van der Waals surface area contributed by atoms with E-state index in [1.807, 2.05) is 36.5 Å². The van der Waals surface area contributed by atoms with Crippen LogP contribution in [0.5, 0.6) is 0 Å². The molecule has 0 amide bonds.